The van der Waals surface area contributed by atoms with Gasteiger partial charge in [-0.1, -0.05) is 48.5 Å². The number of piperidine rings is 1. The number of nitrogens with one attached hydrogen (secondary N) is 1. The van der Waals surface area contributed by atoms with E-state index in [0.29, 0.717) is 0 Å². The average Bonchev–Trinajstić information content (AvgIpc) is 2.85. The van der Waals surface area contributed by atoms with Gasteiger partial charge in [0.05, 0.1) is 23.1 Å². The lowest BCUT2D eigenvalue weighted by molar-refractivity contribution is -0.120. The fourth-order valence-electron chi connectivity index (χ4n) is 4.04. The molecule has 31 heavy (non-hydrogen) atoms. The molecule has 1 N–H and O–H groups in total. The van der Waals surface area contributed by atoms with Gasteiger partial charge in [0.15, 0.2) is 0 Å². The van der Waals surface area contributed by atoms with Gasteiger partial charge in [-0.3, -0.25) is 9.78 Å². The highest BCUT2D eigenvalue weighted by Crippen LogP contribution is 2.26. The summed E-state index contributed by atoms with van der Waals surface area (Å²) in [7, 11) is 0. The van der Waals surface area contributed by atoms with Crippen LogP contribution in [0.4, 0.5) is 11.5 Å². The van der Waals surface area contributed by atoms with Crippen LogP contribution in [0.25, 0.3) is 22.2 Å². The van der Waals surface area contributed by atoms with E-state index >= 15 is 0 Å². The molecular weight excluding hydrogens is 386 g/mol. The Morgan fingerprint density at radius 3 is 2.52 bits per heavy atom. The minimum atomic E-state index is -0.0156. The van der Waals surface area contributed by atoms with E-state index in [1.54, 1.807) is 12.5 Å². The van der Waals surface area contributed by atoms with Crippen molar-refractivity contribution in [2.45, 2.75) is 12.8 Å². The number of pyridine rings is 1. The van der Waals surface area contributed by atoms with Gasteiger partial charge in [0.1, 0.15) is 12.1 Å². The molecule has 6 nitrogen and oxygen atoms in total. The Labute approximate surface area is 181 Å². The van der Waals surface area contributed by atoms with Crippen LogP contribution < -0.4 is 10.2 Å². The van der Waals surface area contributed by atoms with Crippen LogP contribution in [0.15, 0.2) is 79.3 Å². The van der Waals surface area contributed by atoms with Gasteiger partial charge in [0.25, 0.3) is 0 Å². The maximum Gasteiger partial charge on any atom is 0.227 e. The molecule has 0 unspecified atom stereocenters. The van der Waals surface area contributed by atoms with Crippen LogP contribution in [0.1, 0.15) is 12.8 Å². The Kier molecular flexibility index (Phi) is 5.27. The summed E-state index contributed by atoms with van der Waals surface area (Å²) < 4.78 is 0. The average molecular weight is 409 g/mol. The summed E-state index contributed by atoms with van der Waals surface area (Å²) in [4.78, 5) is 28.3. The first-order valence-corrected chi connectivity index (χ1v) is 10.5. The van der Waals surface area contributed by atoms with E-state index in [4.69, 9.17) is 0 Å². The number of hydrogen-bond acceptors (Lipinski definition) is 5. The second-order valence-electron chi connectivity index (χ2n) is 7.79. The zero-order chi connectivity index (χ0) is 21.0. The molecule has 5 rings (SSSR count). The summed E-state index contributed by atoms with van der Waals surface area (Å²) >= 11 is 0. The van der Waals surface area contributed by atoms with Crippen LogP contribution in [-0.4, -0.2) is 33.9 Å². The quantitative estimate of drug-likeness (QED) is 0.536. The first kappa shape index (κ1) is 19.2. The topological polar surface area (TPSA) is 71.0 Å². The number of anilines is 2. The largest absolute Gasteiger partial charge is 0.356 e. The van der Waals surface area contributed by atoms with E-state index in [2.05, 4.69) is 25.2 Å². The van der Waals surface area contributed by atoms with E-state index in [9.17, 15) is 4.79 Å². The maximum atomic E-state index is 12.8. The van der Waals surface area contributed by atoms with E-state index in [1.165, 1.54) is 0 Å². The zero-order valence-corrected chi connectivity index (χ0v) is 17.1. The molecule has 154 valence electrons. The lowest BCUT2D eigenvalue weighted by Crippen LogP contribution is -2.38. The Morgan fingerprint density at radius 1 is 0.903 bits per heavy atom. The van der Waals surface area contributed by atoms with Crippen LogP contribution in [0.5, 0.6) is 0 Å². The number of carbonyl (C=O) groups is 1. The molecule has 0 aliphatic carbocycles. The molecule has 0 bridgehead atoms. The lowest BCUT2D eigenvalue weighted by atomic mass is 9.95. The first-order valence-electron chi connectivity index (χ1n) is 10.5. The van der Waals surface area contributed by atoms with Crippen LogP contribution in [-0.2, 0) is 4.79 Å². The summed E-state index contributed by atoms with van der Waals surface area (Å²) in [6.07, 6.45) is 4.92. The molecular formula is C25H23N5O. The minimum absolute atomic E-state index is 0.0156. The second-order valence-corrected chi connectivity index (χ2v) is 7.79. The molecule has 6 heteroatoms. The van der Waals surface area contributed by atoms with E-state index in [-0.39, 0.29) is 11.8 Å². The molecule has 1 amide bonds. The van der Waals surface area contributed by atoms with Crippen molar-refractivity contribution in [3.05, 3.63) is 79.3 Å². The fraction of sp³-hybridized carbons (Fsp3) is 0.200. The third-order valence-corrected chi connectivity index (χ3v) is 5.77. The summed E-state index contributed by atoms with van der Waals surface area (Å²) in [6.45, 7) is 1.58. The molecule has 2 aromatic carbocycles. The molecule has 1 saturated heterocycles. The molecule has 4 aromatic rings. The predicted molar refractivity (Wildman–Crippen MR) is 123 cm³/mol. The van der Waals surface area contributed by atoms with E-state index < -0.39 is 0 Å². The normalized spacial score (nSPS) is 14.5. The van der Waals surface area contributed by atoms with Crippen molar-refractivity contribution in [1.82, 2.24) is 15.0 Å². The van der Waals surface area contributed by atoms with Crippen LogP contribution in [0.2, 0.25) is 0 Å². The van der Waals surface area contributed by atoms with Crippen molar-refractivity contribution in [1.29, 1.82) is 0 Å². The number of benzene rings is 2. The summed E-state index contributed by atoms with van der Waals surface area (Å²) in [6, 6.07) is 22.0. The lowest BCUT2D eigenvalue weighted by Gasteiger charge is -2.32. The van der Waals surface area contributed by atoms with Crippen molar-refractivity contribution in [3.8, 4) is 11.3 Å². The van der Waals surface area contributed by atoms with Gasteiger partial charge < -0.3 is 10.2 Å². The van der Waals surface area contributed by atoms with Crippen molar-refractivity contribution < 1.29 is 4.79 Å². The maximum absolute atomic E-state index is 12.8. The smallest absolute Gasteiger partial charge is 0.227 e. The fourth-order valence-corrected chi connectivity index (χ4v) is 4.04. The van der Waals surface area contributed by atoms with Crippen molar-refractivity contribution >= 4 is 28.3 Å². The molecule has 0 atom stereocenters. The number of carbonyl (C=O) groups excluding carboxylic acids is 1. The molecule has 0 radical (unpaired) electrons. The highest BCUT2D eigenvalue weighted by atomic mass is 16.1. The third kappa shape index (κ3) is 4.23. The number of aromatic nitrogens is 3. The molecule has 1 fully saturated rings. The number of para-hydroxylation sites is 1. The number of fused-ring (bicyclic) bond motifs is 1. The predicted octanol–water partition coefficient (Wildman–Crippen LogP) is 4.55. The van der Waals surface area contributed by atoms with Gasteiger partial charge in [-0.15, -0.1) is 0 Å². The highest BCUT2D eigenvalue weighted by Gasteiger charge is 2.26. The van der Waals surface area contributed by atoms with Crippen LogP contribution in [0, 0.1) is 5.92 Å². The zero-order valence-electron chi connectivity index (χ0n) is 17.1. The highest BCUT2D eigenvalue weighted by molar-refractivity contribution is 5.94. The van der Waals surface area contributed by atoms with E-state index in [0.717, 1.165) is 59.6 Å². The summed E-state index contributed by atoms with van der Waals surface area (Å²) in [5.74, 6) is 0.953. The summed E-state index contributed by atoms with van der Waals surface area (Å²) in [5, 5.41) is 4.06. The number of amides is 1. The molecule has 2 aromatic heterocycles. The van der Waals surface area contributed by atoms with Gasteiger partial charge in [-0.2, -0.15) is 0 Å². The molecule has 0 saturated carbocycles. The van der Waals surface area contributed by atoms with Gasteiger partial charge in [0.2, 0.25) is 5.91 Å². The number of nitrogens with zero attached hydrogens (tertiary/aromatic N) is 4. The van der Waals surface area contributed by atoms with Gasteiger partial charge >= 0.3 is 0 Å². The van der Waals surface area contributed by atoms with Crippen molar-refractivity contribution in [2.24, 2.45) is 5.92 Å². The number of hydrogen-bond donors (Lipinski definition) is 1. The molecule has 0 spiro atoms. The van der Waals surface area contributed by atoms with E-state index in [1.807, 2.05) is 66.7 Å². The SMILES string of the molecule is O=C(Nc1cnc2ccccc2c1)C1CCN(c2cc(-c3ccccc3)ncn2)CC1. The summed E-state index contributed by atoms with van der Waals surface area (Å²) in [5.41, 5.74) is 3.65. The standard InChI is InChI=1S/C25H23N5O/c31-25(29-21-14-20-8-4-5-9-22(20)26-16-21)19-10-12-30(13-11-19)24-15-23(27-17-28-24)18-6-2-1-3-7-18/h1-9,14-17,19H,10-13H2,(H,29,31). The monoisotopic (exact) mass is 409 g/mol. The molecule has 1 aliphatic rings. The first-order chi connectivity index (χ1) is 15.3. The van der Waals surface area contributed by atoms with Gasteiger partial charge in [-0.25, -0.2) is 9.97 Å². The van der Waals surface area contributed by atoms with Gasteiger partial charge in [-0.05, 0) is 25.0 Å². The molecule has 1 aliphatic heterocycles. The van der Waals surface area contributed by atoms with Gasteiger partial charge in [0, 0.05) is 36.0 Å². The number of rotatable bonds is 4. The van der Waals surface area contributed by atoms with Crippen LogP contribution >= 0.6 is 0 Å². The Bertz CT molecular complexity index is 1200. The Morgan fingerprint density at radius 2 is 1.68 bits per heavy atom. The minimum Gasteiger partial charge on any atom is -0.356 e. The molecule has 3 heterocycles. The Hall–Kier alpha value is -3.80. The van der Waals surface area contributed by atoms with Crippen LogP contribution in [0.3, 0.4) is 0 Å². The third-order valence-electron chi connectivity index (χ3n) is 5.77. The van der Waals surface area contributed by atoms with Crippen molar-refractivity contribution in [2.75, 3.05) is 23.3 Å². The van der Waals surface area contributed by atoms with Crippen molar-refractivity contribution in [3.63, 3.8) is 0 Å². The second kappa shape index (κ2) is 8.52. The Balaban J connectivity index is 1.22.